The Morgan fingerprint density at radius 3 is 2.10 bits per heavy atom. The molecular weight excluding hydrogens is 288 g/mol. The zero-order chi connectivity index (χ0) is 15.4. The van der Waals surface area contributed by atoms with Gasteiger partial charge < -0.3 is 14.2 Å². The van der Waals surface area contributed by atoms with Gasteiger partial charge in [0.1, 0.15) is 17.2 Å². The van der Waals surface area contributed by atoms with Crippen LogP contribution in [0, 0.1) is 6.92 Å². The smallest absolute Gasteiger partial charge is 0.124 e. The number of benzene rings is 2. The quantitative estimate of drug-likeness (QED) is 0.769. The van der Waals surface area contributed by atoms with E-state index in [1.807, 2.05) is 43.3 Å². The lowest BCUT2D eigenvalue weighted by molar-refractivity contribution is 0.399. The van der Waals surface area contributed by atoms with Gasteiger partial charge in [-0.1, -0.05) is 12.1 Å². The third-order valence-electron chi connectivity index (χ3n) is 3.42. The van der Waals surface area contributed by atoms with Crippen molar-refractivity contribution in [3.8, 4) is 17.2 Å². The standard InChI is InChI=1S/C17H19ClO3/c1-11-9-12(5-7-15(11)20-3)17(18)14-10-13(19-2)6-8-16(14)21-4/h5-10,17H,1-4H3. The summed E-state index contributed by atoms with van der Waals surface area (Å²) in [5, 5.41) is -0.320. The number of alkyl halides is 1. The fraction of sp³-hybridized carbons (Fsp3) is 0.294. The highest BCUT2D eigenvalue weighted by atomic mass is 35.5. The summed E-state index contributed by atoms with van der Waals surface area (Å²) in [6.45, 7) is 1.99. The van der Waals surface area contributed by atoms with Crippen molar-refractivity contribution >= 4 is 11.6 Å². The lowest BCUT2D eigenvalue weighted by atomic mass is 10.0. The van der Waals surface area contributed by atoms with Crippen molar-refractivity contribution < 1.29 is 14.2 Å². The Hall–Kier alpha value is -1.87. The summed E-state index contributed by atoms with van der Waals surface area (Å²) in [6, 6.07) is 11.5. The van der Waals surface area contributed by atoms with E-state index < -0.39 is 0 Å². The number of halogens is 1. The summed E-state index contributed by atoms with van der Waals surface area (Å²) in [7, 11) is 4.92. The van der Waals surface area contributed by atoms with Crippen LogP contribution in [0.1, 0.15) is 22.1 Å². The van der Waals surface area contributed by atoms with E-state index in [9.17, 15) is 0 Å². The first-order valence-corrected chi connectivity index (χ1v) is 7.05. The van der Waals surface area contributed by atoms with Gasteiger partial charge in [-0.3, -0.25) is 0 Å². The average molecular weight is 307 g/mol. The fourth-order valence-corrected chi connectivity index (χ4v) is 2.58. The topological polar surface area (TPSA) is 27.7 Å². The highest BCUT2D eigenvalue weighted by molar-refractivity contribution is 6.22. The molecule has 0 amide bonds. The van der Waals surface area contributed by atoms with E-state index in [4.69, 9.17) is 25.8 Å². The molecule has 0 heterocycles. The molecule has 0 aliphatic heterocycles. The van der Waals surface area contributed by atoms with E-state index in [1.54, 1.807) is 21.3 Å². The van der Waals surface area contributed by atoms with Crippen molar-refractivity contribution in [2.75, 3.05) is 21.3 Å². The normalized spacial score (nSPS) is 11.9. The lowest BCUT2D eigenvalue weighted by Gasteiger charge is -2.17. The third-order valence-corrected chi connectivity index (χ3v) is 3.91. The molecule has 0 N–H and O–H groups in total. The number of ether oxygens (including phenoxy) is 3. The second-order valence-corrected chi connectivity index (χ2v) is 5.14. The summed E-state index contributed by atoms with van der Waals surface area (Å²) >= 11 is 6.64. The van der Waals surface area contributed by atoms with Crippen LogP contribution in [0.25, 0.3) is 0 Å². The number of methoxy groups -OCH3 is 3. The van der Waals surface area contributed by atoms with Crippen LogP contribution in [-0.4, -0.2) is 21.3 Å². The first kappa shape index (κ1) is 15.5. The molecule has 0 aliphatic rings. The van der Waals surface area contributed by atoms with Gasteiger partial charge in [0.25, 0.3) is 0 Å². The summed E-state index contributed by atoms with van der Waals surface area (Å²) < 4.78 is 15.9. The second-order valence-electron chi connectivity index (χ2n) is 4.70. The van der Waals surface area contributed by atoms with Gasteiger partial charge in [0.05, 0.1) is 26.7 Å². The molecule has 21 heavy (non-hydrogen) atoms. The number of aryl methyl sites for hydroxylation is 1. The zero-order valence-corrected chi connectivity index (χ0v) is 13.4. The lowest BCUT2D eigenvalue weighted by Crippen LogP contribution is -1.99. The Bertz CT molecular complexity index is 625. The number of hydrogen-bond acceptors (Lipinski definition) is 3. The Balaban J connectivity index is 2.43. The second kappa shape index (κ2) is 6.72. The molecule has 0 aromatic heterocycles. The van der Waals surface area contributed by atoms with E-state index in [1.165, 1.54) is 0 Å². The maximum Gasteiger partial charge on any atom is 0.124 e. The van der Waals surface area contributed by atoms with Crippen LogP contribution in [0.5, 0.6) is 17.2 Å². The van der Waals surface area contributed by atoms with Crippen molar-refractivity contribution in [3.05, 3.63) is 53.1 Å². The van der Waals surface area contributed by atoms with Crippen LogP contribution in [0.3, 0.4) is 0 Å². The van der Waals surface area contributed by atoms with Gasteiger partial charge in [0, 0.05) is 5.56 Å². The van der Waals surface area contributed by atoms with Crippen LogP contribution in [0.4, 0.5) is 0 Å². The molecule has 2 rings (SSSR count). The van der Waals surface area contributed by atoms with Crippen molar-refractivity contribution in [2.45, 2.75) is 12.3 Å². The van der Waals surface area contributed by atoms with Crippen molar-refractivity contribution in [2.24, 2.45) is 0 Å². The van der Waals surface area contributed by atoms with Gasteiger partial charge in [-0.25, -0.2) is 0 Å². The molecule has 1 unspecified atom stereocenters. The van der Waals surface area contributed by atoms with Crippen molar-refractivity contribution in [1.29, 1.82) is 0 Å². The van der Waals surface area contributed by atoms with Gasteiger partial charge in [0.15, 0.2) is 0 Å². The zero-order valence-electron chi connectivity index (χ0n) is 12.6. The highest BCUT2D eigenvalue weighted by Crippen LogP contribution is 2.38. The molecule has 0 saturated carbocycles. The van der Waals surface area contributed by atoms with Gasteiger partial charge in [-0.2, -0.15) is 0 Å². The molecule has 0 saturated heterocycles. The molecule has 4 heteroatoms. The van der Waals surface area contributed by atoms with Gasteiger partial charge >= 0.3 is 0 Å². The SMILES string of the molecule is COc1ccc(OC)c(C(Cl)c2ccc(OC)c(C)c2)c1. The molecule has 112 valence electrons. The van der Waals surface area contributed by atoms with Gasteiger partial charge in [0.2, 0.25) is 0 Å². The molecule has 1 atom stereocenters. The summed E-state index contributed by atoms with van der Waals surface area (Å²) in [5.41, 5.74) is 2.91. The number of hydrogen-bond donors (Lipinski definition) is 0. The van der Waals surface area contributed by atoms with Gasteiger partial charge in [-0.15, -0.1) is 11.6 Å². The van der Waals surface area contributed by atoms with Crippen LogP contribution < -0.4 is 14.2 Å². The van der Waals surface area contributed by atoms with Crippen LogP contribution >= 0.6 is 11.6 Å². The monoisotopic (exact) mass is 306 g/mol. The molecule has 0 radical (unpaired) electrons. The minimum absolute atomic E-state index is 0.320. The minimum Gasteiger partial charge on any atom is -0.497 e. The Morgan fingerprint density at radius 1 is 0.857 bits per heavy atom. The van der Waals surface area contributed by atoms with E-state index in [0.717, 1.165) is 33.9 Å². The van der Waals surface area contributed by atoms with Crippen LogP contribution in [-0.2, 0) is 0 Å². The van der Waals surface area contributed by atoms with E-state index in [-0.39, 0.29) is 5.38 Å². The first-order valence-electron chi connectivity index (χ1n) is 6.61. The first-order chi connectivity index (χ1) is 10.1. The molecule has 3 nitrogen and oxygen atoms in total. The number of rotatable bonds is 5. The third kappa shape index (κ3) is 3.24. The maximum absolute atomic E-state index is 6.64. The summed E-state index contributed by atoms with van der Waals surface area (Å²) in [5.74, 6) is 2.34. The molecule has 0 bridgehead atoms. The highest BCUT2D eigenvalue weighted by Gasteiger charge is 2.17. The van der Waals surface area contributed by atoms with Crippen molar-refractivity contribution in [3.63, 3.8) is 0 Å². The van der Waals surface area contributed by atoms with Crippen LogP contribution in [0.15, 0.2) is 36.4 Å². The van der Waals surface area contributed by atoms with E-state index in [2.05, 4.69) is 0 Å². The molecule has 0 fully saturated rings. The maximum atomic E-state index is 6.64. The average Bonchev–Trinajstić information content (AvgIpc) is 2.53. The predicted octanol–water partition coefficient (Wildman–Crippen LogP) is 4.35. The van der Waals surface area contributed by atoms with E-state index >= 15 is 0 Å². The minimum atomic E-state index is -0.320. The predicted molar refractivity (Wildman–Crippen MR) is 85.0 cm³/mol. The Morgan fingerprint density at radius 2 is 1.52 bits per heavy atom. The summed E-state index contributed by atoms with van der Waals surface area (Å²) in [4.78, 5) is 0. The van der Waals surface area contributed by atoms with E-state index in [0.29, 0.717) is 0 Å². The Kier molecular flexibility index (Phi) is 4.97. The molecule has 0 aliphatic carbocycles. The largest absolute Gasteiger partial charge is 0.497 e. The van der Waals surface area contributed by atoms with Crippen molar-refractivity contribution in [1.82, 2.24) is 0 Å². The molecule has 0 spiro atoms. The fourth-order valence-electron chi connectivity index (χ4n) is 2.28. The Labute approximate surface area is 130 Å². The molecule has 2 aromatic rings. The van der Waals surface area contributed by atoms with Gasteiger partial charge in [-0.05, 0) is 42.3 Å². The molecule has 2 aromatic carbocycles. The summed E-state index contributed by atoms with van der Waals surface area (Å²) in [6.07, 6.45) is 0. The molecular formula is C17H19ClO3. The van der Waals surface area contributed by atoms with Crippen LogP contribution in [0.2, 0.25) is 0 Å².